The number of benzene rings is 8. The van der Waals surface area contributed by atoms with Gasteiger partial charge in [0.15, 0.2) is 0 Å². The number of hydrogen-bond donors (Lipinski definition) is 1. The minimum absolute atomic E-state index is 0.656. The largest absolute Gasteiger partial charge is 0.376 e. The van der Waals surface area contributed by atoms with E-state index in [1.54, 1.807) is 0 Å². The molecule has 0 heterocycles. The van der Waals surface area contributed by atoms with Crippen LogP contribution in [0.1, 0.15) is 27.8 Å². The zero-order valence-corrected chi connectivity index (χ0v) is 27.7. The van der Waals surface area contributed by atoms with E-state index in [1.165, 1.54) is 27.1 Å². The summed E-state index contributed by atoms with van der Waals surface area (Å²) in [5, 5.41) is 19.2. The van der Waals surface area contributed by atoms with Crippen LogP contribution in [0.5, 0.6) is 0 Å². The molecule has 9 rings (SSSR count). The summed E-state index contributed by atoms with van der Waals surface area (Å²) < 4.78 is 0. The summed E-state index contributed by atoms with van der Waals surface area (Å²) in [6.07, 6.45) is 1.62. The molecular formula is C47H33ClO. The molecule has 1 aliphatic rings. The fourth-order valence-corrected chi connectivity index (χ4v) is 8.23. The van der Waals surface area contributed by atoms with Crippen LogP contribution in [-0.2, 0) is 18.4 Å². The molecule has 2 heteroatoms. The summed E-state index contributed by atoms with van der Waals surface area (Å²) in [6, 6.07) is 59.4. The molecule has 234 valence electrons. The second-order valence-corrected chi connectivity index (χ2v) is 13.4. The van der Waals surface area contributed by atoms with Crippen molar-refractivity contribution in [3.8, 4) is 33.4 Å². The van der Waals surface area contributed by atoms with E-state index >= 15 is 0 Å². The molecule has 0 saturated heterocycles. The van der Waals surface area contributed by atoms with Crippen molar-refractivity contribution in [2.75, 3.05) is 0 Å². The van der Waals surface area contributed by atoms with E-state index in [9.17, 15) is 5.11 Å². The topological polar surface area (TPSA) is 20.2 Å². The van der Waals surface area contributed by atoms with Gasteiger partial charge in [-0.2, -0.15) is 0 Å². The van der Waals surface area contributed by atoms with E-state index < -0.39 is 5.60 Å². The van der Waals surface area contributed by atoms with E-state index in [0.717, 1.165) is 68.5 Å². The van der Waals surface area contributed by atoms with E-state index in [4.69, 9.17) is 11.6 Å². The summed E-state index contributed by atoms with van der Waals surface area (Å²) >= 11 is 6.86. The average Bonchev–Trinajstić information content (AvgIpc) is 3.28. The van der Waals surface area contributed by atoms with Gasteiger partial charge in [0, 0.05) is 16.1 Å². The quantitative estimate of drug-likeness (QED) is 0.201. The highest BCUT2D eigenvalue weighted by Crippen LogP contribution is 2.49. The van der Waals surface area contributed by atoms with Gasteiger partial charge in [0.05, 0.1) is 0 Å². The maximum absolute atomic E-state index is 13.7. The Bertz CT molecular complexity index is 2540. The fraction of sp³-hybridized carbons (Fsp3) is 0.0638. The first kappa shape index (κ1) is 29.7. The third-order valence-corrected chi connectivity index (χ3v) is 10.7. The normalized spacial score (nSPS) is 15.5. The lowest BCUT2D eigenvalue weighted by Crippen LogP contribution is -2.31. The molecule has 0 bridgehead atoms. The van der Waals surface area contributed by atoms with Crippen molar-refractivity contribution in [3.63, 3.8) is 0 Å². The van der Waals surface area contributed by atoms with Crippen LogP contribution >= 0.6 is 11.6 Å². The molecule has 0 amide bonds. The van der Waals surface area contributed by atoms with Crippen molar-refractivity contribution in [1.82, 2.24) is 0 Å². The molecular weight excluding hydrogens is 616 g/mol. The lowest BCUT2D eigenvalue weighted by Gasteiger charge is -2.34. The predicted molar refractivity (Wildman–Crippen MR) is 205 cm³/mol. The van der Waals surface area contributed by atoms with Gasteiger partial charge in [-0.05, 0) is 96.6 Å². The van der Waals surface area contributed by atoms with Crippen LogP contribution < -0.4 is 0 Å². The Hall–Kier alpha value is -5.47. The second-order valence-electron chi connectivity index (χ2n) is 13.0. The van der Waals surface area contributed by atoms with E-state index in [1.807, 2.05) is 36.4 Å². The van der Waals surface area contributed by atoms with Crippen LogP contribution in [0.2, 0.25) is 5.02 Å². The smallest absolute Gasteiger partial charge is 0.141 e. The monoisotopic (exact) mass is 648 g/mol. The molecule has 0 saturated carbocycles. The van der Waals surface area contributed by atoms with E-state index in [-0.39, 0.29) is 0 Å². The molecule has 8 aromatic carbocycles. The SMILES string of the molecule is OC1(c2ccccc2-c2ccccc2Cl)c2ccc(-c3cccc4ccccc34)cc2CCc2ccc(-c3cccc4ccccc34)cc21. The Labute approximate surface area is 291 Å². The van der Waals surface area contributed by atoms with Crippen LogP contribution in [0.15, 0.2) is 170 Å². The zero-order valence-electron chi connectivity index (χ0n) is 26.9. The van der Waals surface area contributed by atoms with Crippen molar-refractivity contribution in [1.29, 1.82) is 0 Å². The second kappa shape index (κ2) is 11.9. The Morgan fingerprint density at radius 1 is 0.408 bits per heavy atom. The Kier molecular flexibility index (Phi) is 7.20. The molecule has 0 aliphatic heterocycles. The van der Waals surface area contributed by atoms with E-state index in [0.29, 0.717) is 5.02 Å². The highest BCUT2D eigenvalue weighted by Gasteiger charge is 2.41. The predicted octanol–water partition coefficient (Wildman–Crippen LogP) is 12.0. The molecule has 0 spiro atoms. The summed E-state index contributed by atoms with van der Waals surface area (Å²) in [4.78, 5) is 0. The Morgan fingerprint density at radius 3 is 1.65 bits per heavy atom. The number of aliphatic hydroxyl groups is 1. The summed E-state index contributed by atoms with van der Waals surface area (Å²) in [5.74, 6) is 0. The molecule has 1 nitrogen and oxygen atoms in total. The van der Waals surface area contributed by atoms with Crippen molar-refractivity contribution in [2.24, 2.45) is 0 Å². The van der Waals surface area contributed by atoms with Gasteiger partial charge in [-0.1, -0.05) is 169 Å². The molecule has 1 unspecified atom stereocenters. The zero-order chi connectivity index (χ0) is 33.0. The van der Waals surface area contributed by atoms with Gasteiger partial charge in [-0.25, -0.2) is 0 Å². The van der Waals surface area contributed by atoms with Crippen molar-refractivity contribution in [3.05, 3.63) is 203 Å². The molecule has 1 N–H and O–H groups in total. The lowest BCUT2D eigenvalue weighted by molar-refractivity contribution is 0.125. The molecule has 0 fully saturated rings. The van der Waals surface area contributed by atoms with Crippen molar-refractivity contribution < 1.29 is 5.11 Å². The Morgan fingerprint density at radius 2 is 0.939 bits per heavy atom. The standard InChI is InChI=1S/C47H33ClO/c48-46-22-8-6-18-42(46)41-17-5-7-21-44(41)47(49)43-28-27-34(39-19-9-13-31-11-1-3-15-37(31)39)29-36(43)26-24-33-23-25-35(30-45(33)47)40-20-10-14-32-12-2-4-16-38(32)40/h1-23,25,27-30,49H,24,26H2. The van der Waals surface area contributed by atoms with Crippen molar-refractivity contribution >= 4 is 33.1 Å². The number of hydrogen-bond acceptors (Lipinski definition) is 1. The summed E-state index contributed by atoms with van der Waals surface area (Å²) in [7, 11) is 0. The first-order chi connectivity index (χ1) is 24.1. The minimum atomic E-state index is -1.45. The number of halogens is 1. The van der Waals surface area contributed by atoms with Gasteiger partial charge < -0.3 is 5.11 Å². The van der Waals surface area contributed by atoms with Gasteiger partial charge in [-0.3, -0.25) is 0 Å². The van der Waals surface area contributed by atoms with Crippen LogP contribution in [0.4, 0.5) is 0 Å². The third kappa shape index (κ3) is 4.89. The fourth-order valence-electron chi connectivity index (χ4n) is 7.99. The van der Waals surface area contributed by atoms with Gasteiger partial charge in [-0.15, -0.1) is 0 Å². The van der Waals surface area contributed by atoms with Crippen LogP contribution in [0.25, 0.3) is 54.9 Å². The maximum Gasteiger partial charge on any atom is 0.141 e. The maximum atomic E-state index is 13.7. The first-order valence-electron chi connectivity index (χ1n) is 16.9. The van der Waals surface area contributed by atoms with Gasteiger partial charge in [0.1, 0.15) is 5.60 Å². The average molecular weight is 649 g/mol. The summed E-state index contributed by atoms with van der Waals surface area (Å²) in [6.45, 7) is 0. The minimum Gasteiger partial charge on any atom is -0.376 e. The molecule has 8 aromatic rings. The highest BCUT2D eigenvalue weighted by molar-refractivity contribution is 6.33. The lowest BCUT2D eigenvalue weighted by atomic mass is 9.74. The van der Waals surface area contributed by atoms with Crippen molar-refractivity contribution in [2.45, 2.75) is 18.4 Å². The molecule has 1 atom stereocenters. The molecule has 49 heavy (non-hydrogen) atoms. The molecule has 0 aromatic heterocycles. The summed E-state index contributed by atoms with van der Waals surface area (Å²) in [5.41, 5.74) is 9.88. The number of aryl methyl sites for hydroxylation is 2. The van der Waals surface area contributed by atoms with Gasteiger partial charge in [0.2, 0.25) is 0 Å². The van der Waals surface area contributed by atoms with E-state index in [2.05, 4.69) is 133 Å². The number of fused-ring (bicyclic) bond motifs is 4. The van der Waals surface area contributed by atoms with Gasteiger partial charge in [0.25, 0.3) is 0 Å². The molecule has 1 aliphatic carbocycles. The first-order valence-corrected chi connectivity index (χ1v) is 17.3. The van der Waals surface area contributed by atoms with Gasteiger partial charge >= 0.3 is 0 Å². The van der Waals surface area contributed by atoms with Crippen LogP contribution in [0.3, 0.4) is 0 Å². The number of rotatable bonds is 4. The molecule has 0 radical (unpaired) electrons. The van der Waals surface area contributed by atoms with Crippen LogP contribution in [-0.4, -0.2) is 5.11 Å². The Balaban J connectivity index is 1.32. The van der Waals surface area contributed by atoms with Crippen LogP contribution in [0, 0.1) is 0 Å². The third-order valence-electron chi connectivity index (χ3n) is 10.3. The highest BCUT2D eigenvalue weighted by atomic mass is 35.5.